The van der Waals surface area contributed by atoms with Crippen molar-refractivity contribution in [2.45, 2.75) is 132 Å². The van der Waals surface area contributed by atoms with Gasteiger partial charge in [0.15, 0.2) is 5.11 Å². The number of amides is 4. The van der Waals surface area contributed by atoms with Crippen LogP contribution >= 0.6 is 12.2 Å². The molecule has 0 unspecified atom stereocenters. The zero-order chi connectivity index (χ0) is 36.6. The van der Waals surface area contributed by atoms with Crippen molar-refractivity contribution in [1.29, 1.82) is 0 Å². The predicted octanol–water partition coefficient (Wildman–Crippen LogP) is 3.03. The minimum atomic E-state index is -3.89. The van der Waals surface area contributed by atoms with Crippen LogP contribution in [0.4, 0.5) is 9.18 Å². The van der Waals surface area contributed by atoms with Crippen molar-refractivity contribution in [2.24, 2.45) is 5.92 Å². The molecule has 52 heavy (non-hydrogen) atoms. The number of fused-ring (bicyclic) bond motifs is 3. The largest absolute Gasteiger partial charge is 0.444 e. The monoisotopic (exact) mass is 758 g/mol. The maximum absolute atomic E-state index is 14.5. The van der Waals surface area contributed by atoms with E-state index < -0.39 is 68.6 Å². The first-order chi connectivity index (χ1) is 24.9. The average molecular weight is 759 g/mol. The van der Waals surface area contributed by atoms with Gasteiger partial charge in [-0.3, -0.25) is 24.0 Å². The van der Waals surface area contributed by atoms with Gasteiger partial charge in [-0.25, -0.2) is 17.6 Å². The number of nitrogens with one attached hydrogen (secondary N) is 4. The smallest absolute Gasteiger partial charge is 0.410 e. The number of halogens is 1. The van der Waals surface area contributed by atoms with Crippen molar-refractivity contribution in [3.05, 3.63) is 47.3 Å². The Kier molecular flexibility index (Phi) is 10.5. The van der Waals surface area contributed by atoms with Gasteiger partial charge in [-0.05, 0) is 75.2 Å². The lowest BCUT2D eigenvalue weighted by molar-refractivity contribution is -0.141. The van der Waals surface area contributed by atoms with E-state index >= 15 is 0 Å². The Morgan fingerprint density at radius 1 is 1.00 bits per heavy atom. The van der Waals surface area contributed by atoms with Crippen LogP contribution in [0, 0.1) is 11.7 Å². The van der Waals surface area contributed by atoms with E-state index in [9.17, 15) is 32.0 Å². The first-order valence-corrected chi connectivity index (χ1v) is 20.5. The van der Waals surface area contributed by atoms with Gasteiger partial charge in [0.2, 0.25) is 21.8 Å². The van der Waals surface area contributed by atoms with E-state index in [-0.39, 0.29) is 44.4 Å². The van der Waals surface area contributed by atoms with Gasteiger partial charge in [0.25, 0.3) is 5.91 Å². The number of nitrogens with zero attached hydrogens (tertiary/aromatic N) is 2. The predicted molar refractivity (Wildman–Crippen MR) is 192 cm³/mol. The van der Waals surface area contributed by atoms with Crippen LogP contribution in [0.25, 0.3) is 0 Å². The fourth-order valence-electron chi connectivity index (χ4n) is 8.03. The summed E-state index contributed by atoms with van der Waals surface area (Å²) in [5.74, 6) is -2.66. The molecule has 0 spiro atoms. The van der Waals surface area contributed by atoms with Crippen molar-refractivity contribution in [3.8, 4) is 0 Å². The molecule has 7 rings (SSSR count). The fourth-order valence-corrected chi connectivity index (χ4v) is 9.70. The number of hydrogen-bond acceptors (Lipinski definition) is 8. The number of thiocarbonyl (C=S) groups is 1. The lowest BCUT2D eigenvalue weighted by Crippen LogP contribution is -2.59. The number of ether oxygens (including phenoxy) is 1. The SMILES string of the molecule is O=C1N[C@]2(C(=O)NS(=O)(=O)C3CC3)C[C@@H]2/C=C\CCCCC[C@H](NC(=S)NC2CCCC2)C(=O)N2C[C@H](OC(=O)N3Cc4cccc(F)c4C3)C[C@@H]12. The average Bonchev–Trinajstić information content (AvgIpc) is 3.88. The normalized spacial score (nSPS) is 30.2. The lowest BCUT2D eigenvalue weighted by atomic mass is 10.0. The summed E-state index contributed by atoms with van der Waals surface area (Å²) in [6, 6.07) is 3.01. The second-order valence-electron chi connectivity index (χ2n) is 15.1. The van der Waals surface area contributed by atoms with Crippen LogP contribution in [-0.4, -0.2) is 88.7 Å². The molecule has 3 aliphatic heterocycles. The molecule has 4 N–H and O–H groups in total. The van der Waals surface area contributed by atoms with Crippen LogP contribution in [0.1, 0.15) is 94.6 Å². The van der Waals surface area contributed by atoms with Gasteiger partial charge >= 0.3 is 6.09 Å². The van der Waals surface area contributed by atoms with E-state index in [4.69, 9.17) is 17.0 Å². The number of allylic oxidation sites excluding steroid dienone is 1. The van der Waals surface area contributed by atoms with E-state index in [0.29, 0.717) is 41.9 Å². The van der Waals surface area contributed by atoms with E-state index in [1.165, 1.54) is 15.9 Å². The molecule has 1 aromatic carbocycles. The zero-order valence-electron chi connectivity index (χ0n) is 29.1. The highest BCUT2D eigenvalue weighted by atomic mass is 32.2. The lowest BCUT2D eigenvalue weighted by Gasteiger charge is -2.30. The molecule has 1 saturated heterocycles. The molecular formula is C36H47FN6O7S2. The molecule has 0 bridgehead atoms. The van der Waals surface area contributed by atoms with Gasteiger partial charge in [0, 0.05) is 30.5 Å². The molecule has 282 valence electrons. The summed E-state index contributed by atoms with van der Waals surface area (Å²) in [7, 11) is -3.89. The third-order valence-corrected chi connectivity index (χ3v) is 13.3. The van der Waals surface area contributed by atoms with Crippen LogP contribution in [0.5, 0.6) is 0 Å². The summed E-state index contributed by atoms with van der Waals surface area (Å²) in [5.41, 5.74) is -0.402. The summed E-state index contributed by atoms with van der Waals surface area (Å²) >= 11 is 5.65. The third kappa shape index (κ3) is 7.92. The molecule has 0 radical (unpaired) electrons. The maximum atomic E-state index is 14.5. The van der Waals surface area contributed by atoms with Crippen molar-refractivity contribution < 1.29 is 36.7 Å². The van der Waals surface area contributed by atoms with Gasteiger partial charge in [0.05, 0.1) is 18.3 Å². The van der Waals surface area contributed by atoms with Crippen LogP contribution < -0.4 is 20.7 Å². The topological polar surface area (TPSA) is 166 Å². The summed E-state index contributed by atoms with van der Waals surface area (Å²) in [6.07, 6.45) is 11.1. The Labute approximate surface area is 308 Å². The molecule has 16 heteroatoms. The van der Waals surface area contributed by atoms with E-state index in [1.54, 1.807) is 12.1 Å². The summed E-state index contributed by atoms with van der Waals surface area (Å²) in [6.45, 7) is 0.115. The Hall–Kier alpha value is -3.79. The Morgan fingerprint density at radius 3 is 2.52 bits per heavy atom. The van der Waals surface area contributed by atoms with Crippen molar-refractivity contribution >= 4 is 51.2 Å². The van der Waals surface area contributed by atoms with E-state index in [2.05, 4.69) is 20.7 Å². The first-order valence-electron chi connectivity index (χ1n) is 18.6. The van der Waals surface area contributed by atoms with Gasteiger partial charge in [-0.2, -0.15) is 0 Å². The third-order valence-electron chi connectivity index (χ3n) is 11.3. The highest BCUT2D eigenvalue weighted by Crippen LogP contribution is 2.46. The first kappa shape index (κ1) is 36.6. The highest BCUT2D eigenvalue weighted by Gasteiger charge is 2.62. The minimum Gasteiger partial charge on any atom is -0.444 e. The van der Waals surface area contributed by atoms with Crippen molar-refractivity contribution in [2.75, 3.05) is 6.54 Å². The summed E-state index contributed by atoms with van der Waals surface area (Å²) < 4.78 is 48.1. The highest BCUT2D eigenvalue weighted by molar-refractivity contribution is 7.91. The number of rotatable bonds is 6. The van der Waals surface area contributed by atoms with Gasteiger partial charge in [-0.15, -0.1) is 0 Å². The second-order valence-corrected chi connectivity index (χ2v) is 17.5. The molecule has 6 aliphatic rings. The summed E-state index contributed by atoms with van der Waals surface area (Å²) in [4.78, 5) is 58.5. The van der Waals surface area contributed by atoms with Crippen LogP contribution in [-0.2, 0) is 42.2 Å². The zero-order valence-corrected chi connectivity index (χ0v) is 30.7. The summed E-state index contributed by atoms with van der Waals surface area (Å²) in [5, 5.41) is 9.13. The van der Waals surface area contributed by atoms with Crippen LogP contribution in [0.15, 0.2) is 30.4 Å². The Bertz CT molecular complexity index is 1750. The molecule has 0 aromatic heterocycles. The van der Waals surface area contributed by atoms with Crippen LogP contribution in [0.3, 0.4) is 0 Å². The maximum Gasteiger partial charge on any atom is 0.410 e. The van der Waals surface area contributed by atoms with E-state index in [0.717, 1.165) is 44.9 Å². The Morgan fingerprint density at radius 2 is 1.77 bits per heavy atom. The molecule has 5 atom stereocenters. The number of carbonyl (C=O) groups is 4. The van der Waals surface area contributed by atoms with Gasteiger partial charge in [-0.1, -0.05) is 50.0 Å². The molecule has 1 aromatic rings. The molecule has 3 aliphatic carbocycles. The van der Waals surface area contributed by atoms with Gasteiger partial charge in [0.1, 0.15) is 29.5 Å². The number of carbonyl (C=O) groups excluding carboxylic acids is 4. The number of benzene rings is 1. The molecule has 3 heterocycles. The van der Waals surface area contributed by atoms with Crippen LogP contribution in [0.2, 0.25) is 0 Å². The Balaban J connectivity index is 1.12. The molecule has 4 fully saturated rings. The molecule has 4 amide bonds. The van der Waals surface area contributed by atoms with E-state index in [1.807, 2.05) is 12.2 Å². The molecule has 13 nitrogen and oxygen atoms in total. The van der Waals surface area contributed by atoms with Crippen molar-refractivity contribution in [1.82, 2.24) is 30.5 Å². The molecular weight excluding hydrogens is 712 g/mol. The van der Waals surface area contributed by atoms with Gasteiger partial charge < -0.3 is 25.6 Å². The number of sulfonamides is 1. The fraction of sp³-hybridized carbons (Fsp3) is 0.639. The number of hydrogen-bond donors (Lipinski definition) is 4. The van der Waals surface area contributed by atoms with Crippen molar-refractivity contribution in [3.63, 3.8) is 0 Å². The minimum absolute atomic E-state index is 0.0356. The second kappa shape index (κ2) is 14.9. The quantitative estimate of drug-likeness (QED) is 0.250. The molecule has 3 saturated carbocycles. The standard InChI is InChI=1S/C36H47FN6O7S2/c37-28-13-8-9-22-19-42(21-27(22)28)35(47)50-25-17-30-31(44)40-36(33(46)41-52(48,49)26-15-16-26)18-23(36)10-4-2-1-3-5-14-29(32(45)43(30)20-25)39-34(51)38-24-11-6-7-12-24/h4,8-10,13,23-26,29-30H,1-3,5-7,11-12,14-21H2,(H,40,44)(H,41,46)(H2,38,39,51)/b10-4-/t23-,25+,29-,30-,36+/m0/s1.